The van der Waals surface area contributed by atoms with Crippen LogP contribution in [0.3, 0.4) is 0 Å². The molecule has 100 valence electrons. The van der Waals surface area contributed by atoms with Crippen molar-refractivity contribution in [3.05, 3.63) is 28.8 Å². The molecule has 0 aliphatic heterocycles. The van der Waals surface area contributed by atoms with Crippen LogP contribution in [0.25, 0.3) is 0 Å². The number of esters is 1. The van der Waals surface area contributed by atoms with Crippen LogP contribution in [0.2, 0.25) is 0 Å². The maximum absolute atomic E-state index is 13.3. The molecule has 0 spiro atoms. The van der Waals surface area contributed by atoms with Crippen molar-refractivity contribution in [3.8, 4) is 0 Å². The normalized spacial score (nSPS) is 10.8. The molecule has 0 bridgehead atoms. The molecule has 1 aromatic heterocycles. The highest BCUT2D eigenvalue weighted by molar-refractivity contribution is 9.08. The fraction of sp³-hybridized carbons (Fsp3) is 0.455. The minimum absolute atomic E-state index is 0.0726. The second kappa shape index (κ2) is 6.72. The number of rotatable bonds is 5. The first-order valence-electron chi connectivity index (χ1n) is 5.17. The summed E-state index contributed by atoms with van der Waals surface area (Å²) in [5, 5.41) is -0.0726. The quantitative estimate of drug-likeness (QED) is 0.616. The number of hydrogen-bond acceptors (Lipinski definition) is 3. The number of hydrogen-bond donors (Lipinski definition) is 0. The highest BCUT2D eigenvalue weighted by atomic mass is 79.9. The molecule has 0 radical (unpaired) electrons. The van der Waals surface area contributed by atoms with Crippen molar-refractivity contribution in [3.63, 3.8) is 0 Å². The minimum Gasteiger partial charge on any atom is -0.466 e. The lowest BCUT2D eigenvalue weighted by Gasteiger charge is -2.12. The molecule has 0 aromatic carbocycles. The second-order valence-corrected chi connectivity index (χ2v) is 3.92. The van der Waals surface area contributed by atoms with E-state index in [1.165, 1.54) is 0 Å². The number of aromatic nitrogens is 1. The van der Waals surface area contributed by atoms with Gasteiger partial charge in [0.1, 0.15) is 5.82 Å². The summed E-state index contributed by atoms with van der Waals surface area (Å²) in [7, 11) is 0. The van der Waals surface area contributed by atoms with E-state index >= 15 is 0 Å². The molecule has 0 fully saturated rings. The van der Waals surface area contributed by atoms with Crippen LogP contribution in [0.4, 0.5) is 13.2 Å². The second-order valence-electron chi connectivity index (χ2n) is 3.36. The first kappa shape index (κ1) is 14.9. The number of halogens is 4. The van der Waals surface area contributed by atoms with E-state index in [1.807, 2.05) is 0 Å². The fourth-order valence-electron chi connectivity index (χ4n) is 1.47. The standard InChI is InChI=1S/C11H11BrF3NO2/c1-2-18-9(17)3-8-10(11(14)15)6(4-12)7(13)5-16-8/h5,11H,2-4H2,1H3. The summed E-state index contributed by atoms with van der Waals surface area (Å²) < 4.78 is 43.8. The molecule has 0 amide bonds. The molecule has 0 saturated carbocycles. The van der Waals surface area contributed by atoms with E-state index in [0.717, 1.165) is 6.20 Å². The highest BCUT2D eigenvalue weighted by Gasteiger charge is 2.23. The van der Waals surface area contributed by atoms with Crippen LogP contribution in [0.5, 0.6) is 0 Å². The summed E-state index contributed by atoms with van der Waals surface area (Å²) in [6, 6.07) is 0. The molecule has 7 heteroatoms. The van der Waals surface area contributed by atoms with E-state index in [-0.39, 0.29) is 23.2 Å². The smallest absolute Gasteiger partial charge is 0.311 e. The van der Waals surface area contributed by atoms with Crippen LogP contribution in [-0.2, 0) is 21.3 Å². The Morgan fingerprint density at radius 3 is 2.72 bits per heavy atom. The van der Waals surface area contributed by atoms with E-state index in [2.05, 4.69) is 25.7 Å². The van der Waals surface area contributed by atoms with Crippen molar-refractivity contribution in [1.82, 2.24) is 4.98 Å². The van der Waals surface area contributed by atoms with Crippen LogP contribution >= 0.6 is 15.9 Å². The van der Waals surface area contributed by atoms with E-state index < -0.39 is 30.2 Å². The average molecular weight is 326 g/mol. The zero-order valence-electron chi connectivity index (χ0n) is 9.55. The van der Waals surface area contributed by atoms with Gasteiger partial charge in [-0.25, -0.2) is 13.2 Å². The predicted molar refractivity (Wildman–Crippen MR) is 62.1 cm³/mol. The Balaban J connectivity index is 3.15. The van der Waals surface area contributed by atoms with Gasteiger partial charge in [0, 0.05) is 16.5 Å². The number of alkyl halides is 3. The summed E-state index contributed by atoms with van der Waals surface area (Å²) in [5.74, 6) is -1.49. The van der Waals surface area contributed by atoms with Crippen LogP contribution in [0, 0.1) is 5.82 Å². The number of ether oxygens (including phenoxy) is 1. The van der Waals surface area contributed by atoms with Gasteiger partial charge in [0.05, 0.1) is 24.9 Å². The summed E-state index contributed by atoms with van der Waals surface area (Å²) in [5.41, 5.74) is -0.876. The SMILES string of the molecule is CCOC(=O)Cc1ncc(F)c(CBr)c1C(F)F. The number of carbonyl (C=O) groups excluding carboxylic acids is 1. The Labute approximate surface area is 110 Å². The predicted octanol–water partition coefficient (Wildman–Crippen LogP) is 3.16. The Morgan fingerprint density at radius 2 is 2.22 bits per heavy atom. The topological polar surface area (TPSA) is 39.2 Å². The van der Waals surface area contributed by atoms with Crippen molar-refractivity contribution in [2.45, 2.75) is 25.1 Å². The largest absolute Gasteiger partial charge is 0.466 e. The van der Waals surface area contributed by atoms with Gasteiger partial charge < -0.3 is 4.74 Å². The Kier molecular flexibility index (Phi) is 5.58. The third-order valence-corrected chi connectivity index (χ3v) is 2.79. The van der Waals surface area contributed by atoms with Gasteiger partial charge in [-0.05, 0) is 6.92 Å². The molecule has 1 aromatic rings. The van der Waals surface area contributed by atoms with Crippen molar-refractivity contribution < 1.29 is 22.7 Å². The van der Waals surface area contributed by atoms with E-state index in [4.69, 9.17) is 0 Å². The van der Waals surface area contributed by atoms with Crippen molar-refractivity contribution in [2.75, 3.05) is 6.61 Å². The number of nitrogens with zero attached hydrogens (tertiary/aromatic N) is 1. The third kappa shape index (κ3) is 3.44. The van der Waals surface area contributed by atoms with Gasteiger partial charge in [-0.3, -0.25) is 9.78 Å². The van der Waals surface area contributed by atoms with Gasteiger partial charge in [-0.2, -0.15) is 0 Å². The van der Waals surface area contributed by atoms with Crippen molar-refractivity contribution in [2.24, 2.45) is 0 Å². The van der Waals surface area contributed by atoms with Gasteiger partial charge in [0.25, 0.3) is 6.43 Å². The van der Waals surface area contributed by atoms with E-state index in [0.29, 0.717) is 0 Å². The van der Waals surface area contributed by atoms with E-state index in [9.17, 15) is 18.0 Å². The summed E-state index contributed by atoms with van der Waals surface area (Å²) in [6.45, 7) is 1.75. The van der Waals surface area contributed by atoms with Crippen molar-refractivity contribution in [1.29, 1.82) is 0 Å². The molecule has 0 unspecified atom stereocenters. The fourth-order valence-corrected chi connectivity index (χ4v) is 2.04. The van der Waals surface area contributed by atoms with Gasteiger partial charge in [0.2, 0.25) is 0 Å². The maximum Gasteiger partial charge on any atom is 0.311 e. The van der Waals surface area contributed by atoms with Crippen LogP contribution in [0.15, 0.2) is 6.20 Å². The van der Waals surface area contributed by atoms with Crippen LogP contribution in [0.1, 0.15) is 30.2 Å². The van der Waals surface area contributed by atoms with E-state index in [1.54, 1.807) is 6.92 Å². The summed E-state index contributed by atoms with van der Waals surface area (Å²) in [6.07, 6.45) is -2.46. The first-order valence-corrected chi connectivity index (χ1v) is 6.29. The molecule has 18 heavy (non-hydrogen) atoms. The molecule has 0 aliphatic carbocycles. The molecule has 0 N–H and O–H groups in total. The molecule has 1 heterocycles. The molecule has 3 nitrogen and oxygen atoms in total. The third-order valence-electron chi connectivity index (χ3n) is 2.23. The van der Waals surface area contributed by atoms with Gasteiger partial charge >= 0.3 is 5.97 Å². The lowest BCUT2D eigenvalue weighted by Crippen LogP contribution is -2.13. The summed E-state index contributed by atoms with van der Waals surface area (Å²) in [4.78, 5) is 14.8. The lowest BCUT2D eigenvalue weighted by molar-refractivity contribution is -0.142. The molecular weight excluding hydrogens is 315 g/mol. The Morgan fingerprint density at radius 1 is 1.56 bits per heavy atom. The molecule has 0 saturated heterocycles. The first-order chi connectivity index (χ1) is 8.51. The van der Waals surface area contributed by atoms with Crippen LogP contribution < -0.4 is 0 Å². The minimum atomic E-state index is -2.90. The zero-order valence-corrected chi connectivity index (χ0v) is 11.1. The molecule has 0 aliphatic rings. The van der Waals surface area contributed by atoms with Gasteiger partial charge in [0.15, 0.2) is 0 Å². The zero-order chi connectivity index (χ0) is 13.7. The van der Waals surface area contributed by atoms with Gasteiger partial charge in [-0.15, -0.1) is 0 Å². The maximum atomic E-state index is 13.3. The molecular formula is C11H11BrF3NO2. The lowest BCUT2D eigenvalue weighted by atomic mass is 10.1. The monoisotopic (exact) mass is 325 g/mol. The highest BCUT2D eigenvalue weighted by Crippen LogP contribution is 2.29. The average Bonchev–Trinajstić information content (AvgIpc) is 2.30. The van der Waals surface area contributed by atoms with Crippen LogP contribution in [-0.4, -0.2) is 17.6 Å². The molecule has 1 rings (SSSR count). The molecule has 0 atom stereocenters. The number of pyridine rings is 1. The number of carbonyl (C=O) groups is 1. The Bertz CT molecular complexity index is 441. The van der Waals surface area contributed by atoms with Crippen molar-refractivity contribution >= 4 is 21.9 Å². The Hall–Kier alpha value is -1.11. The van der Waals surface area contributed by atoms with Gasteiger partial charge in [-0.1, -0.05) is 15.9 Å². The summed E-state index contributed by atoms with van der Waals surface area (Å²) >= 11 is 2.94.